The maximum Gasteiger partial charge on any atom is 0.200 e. The molecule has 1 aliphatic heterocycles. The predicted molar refractivity (Wildman–Crippen MR) is 108 cm³/mol. The van der Waals surface area contributed by atoms with Gasteiger partial charge in [0, 0.05) is 22.7 Å². The fraction of sp³-hybridized carbons (Fsp3) is 0.650. The van der Waals surface area contributed by atoms with Gasteiger partial charge >= 0.3 is 0 Å². The number of nitrogens with zero attached hydrogens (tertiary/aromatic N) is 1. The van der Waals surface area contributed by atoms with E-state index in [0.29, 0.717) is 33.5 Å². The smallest absolute Gasteiger partial charge is 0.200 e. The van der Waals surface area contributed by atoms with Crippen molar-refractivity contribution in [3.8, 4) is 0 Å². The molecule has 0 amide bonds. The Labute approximate surface area is 163 Å². The average molecular weight is 397 g/mol. The van der Waals surface area contributed by atoms with Crippen LogP contribution in [-0.4, -0.2) is 26.5 Å². The summed E-state index contributed by atoms with van der Waals surface area (Å²) in [6, 6.07) is 4.45. The van der Waals surface area contributed by atoms with Gasteiger partial charge in [-0.15, -0.1) is 0 Å². The highest BCUT2D eigenvalue weighted by Crippen LogP contribution is 2.36. The Morgan fingerprint density at radius 1 is 1.23 bits per heavy atom. The second-order valence-electron chi connectivity index (χ2n) is 8.26. The summed E-state index contributed by atoms with van der Waals surface area (Å²) < 4.78 is 19.6. The number of rotatable bonds is 4. The van der Waals surface area contributed by atoms with Crippen LogP contribution in [0.5, 0.6) is 0 Å². The summed E-state index contributed by atoms with van der Waals surface area (Å²) in [5.74, 6) is 0.649. The molecule has 0 saturated carbocycles. The number of nitrogens with one attached hydrogen (secondary N) is 1. The van der Waals surface area contributed by atoms with Gasteiger partial charge in [0.2, 0.25) is 5.89 Å². The second kappa shape index (κ2) is 7.61. The molecule has 1 aromatic heterocycles. The lowest BCUT2D eigenvalue weighted by Gasteiger charge is -2.35. The third-order valence-electron chi connectivity index (χ3n) is 5.16. The van der Waals surface area contributed by atoms with E-state index in [1.165, 1.54) is 0 Å². The molecule has 3 rings (SSSR count). The van der Waals surface area contributed by atoms with Gasteiger partial charge in [-0.25, -0.2) is 4.98 Å². The minimum atomic E-state index is -1.22. The van der Waals surface area contributed by atoms with Gasteiger partial charge in [0.05, 0.1) is 15.8 Å². The highest BCUT2D eigenvalue weighted by atomic mass is 35.5. The molecule has 0 aliphatic carbocycles. The SMILES string of the molecule is CCC1CC(S(=O)c2c(Cl)ccc3nc(C(C)(C)C)oc23)CC(CC)N1. The Balaban J connectivity index is 2.02. The topological polar surface area (TPSA) is 55.1 Å². The van der Waals surface area contributed by atoms with E-state index in [4.69, 9.17) is 16.0 Å². The maximum atomic E-state index is 13.5. The molecular formula is C20H29ClN2O2S. The van der Waals surface area contributed by atoms with Crippen molar-refractivity contribution < 1.29 is 8.63 Å². The Hall–Kier alpha value is -0.910. The zero-order chi connectivity index (χ0) is 19.1. The van der Waals surface area contributed by atoms with E-state index in [2.05, 4.69) is 44.9 Å². The Bertz CT molecular complexity index is 800. The molecule has 0 bridgehead atoms. The van der Waals surface area contributed by atoms with Crippen LogP contribution in [0.2, 0.25) is 5.02 Å². The lowest BCUT2D eigenvalue weighted by Crippen LogP contribution is -2.48. The van der Waals surface area contributed by atoms with Crippen molar-refractivity contribution in [2.45, 2.75) is 87.9 Å². The number of hydrogen-bond donors (Lipinski definition) is 1. The minimum absolute atomic E-state index is 0.0810. The molecule has 1 aromatic carbocycles. The number of aromatic nitrogens is 1. The predicted octanol–water partition coefficient (Wildman–Crippen LogP) is 5.20. The van der Waals surface area contributed by atoms with Crippen molar-refractivity contribution in [3.05, 3.63) is 23.0 Å². The molecule has 2 heterocycles. The van der Waals surface area contributed by atoms with Crippen molar-refractivity contribution in [3.63, 3.8) is 0 Å². The first-order valence-electron chi connectivity index (χ1n) is 9.50. The van der Waals surface area contributed by atoms with Gasteiger partial charge in [-0.3, -0.25) is 4.21 Å². The van der Waals surface area contributed by atoms with Crippen LogP contribution >= 0.6 is 11.6 Å². The fourth-order valence-corrected chi connectivity index (χ4v) is 5.68. The number of halogens is 1. The first kappa shape index (κ1) is 19.8. The van der Waals surface area contributed by atoms with Crippen LogP contribution < -0.4 is 5.32 Å². The third kappa shape index (κ3) is 3.85. The van der Waals surface area contributed by atoms with Crippen molar-refractivity contribution in [1.82, 2.24) is 10.3 Å². The molecule has 3 unspecified atom stereocenters. The van der Waals surface area contributed by atoms with E-state index >= 15 is 0 Å². The lowest BCUT2D eigenvalue weighted by molar-refractivity contribution is 0.312. The second-order valence-corrected chi connectivity index (χ2v) is 10.3. The molecule has 4 nitrogen and oxygen atoms in total. The van der Waals surface area contributed by atoms with Gasteiger partial charge in [0.1, 0.15) is 10.4 Å². The van der Waals surface area contributed by atoms with Crippen LogP contribution in [0, 0.1) is 0 Å². The highest BCUT2D eigenvalue weighted by molar-refractivity contribution is 7.86. The van der Waals surface area contributed by atoms with E-state index < -0.39 is 10.8 Å². The van der Waals surface area contributed by atoms with E-state index in [9.17, 15) is 4.21 Å². The van der Waals surface area contributed by atoms with E-state index in [-0.39, 0.29) is 10.7 Å². The molecule has 144 valence electrons. The monoisotopic (exact) mass is 396 g/mol. The minimum Gasteiger partial charge on any atom is -0.439 e. The molecule has 0 radical (unpaired) electrons. The maximum absolute atomic E-state index is 13.5. The largest absolute Gasteiger partial charge is 0.439 e. The molecule has 1 N–H and O–H groups in total. The molecular weight excluding hydrogens is 368 g/mol. The van der Waals surface area contributed by atoms with Crippen molar-refractivity contribution in [2.24, 2.45) is 0 Å². The first-order valence-corrected chi connectivity index (χ1v) is 11.1. The summed E-state index contributed by atoms with van der Waals surface area (Å²) in [5.41, 5.74) is 1.11. The van der Waals surface area contributed by atoms with Gasteiger partial charge in [-0.05, 0) is 37.8 Å². The number of fused-ring (bicyclic) bond motifs is 1. The molecule has 6 heteroatoms. The average Bonchev–Trinajstić information content (AvgIpc) is 3.05. The Morgan fingerprint density at radius 3 is 2.38 bits per heavy atom. The molecule has 3 atom stereocenters. The number of hydrogen-bond acceptors (Lipinski definition) is 4. The van der Waals surface area contributed by atoms with Gasteiger partial charge < -0.3 is 9.73 Å². The lowest BCUT2D eigenvalue weighted by atomic mass is 9.95. The molecule has 26 heavy (non-hydrogen) atoms. The van der Waals surface area contributed by atoms with Crippen LogP contribution in [0.25, 0.3) is 11.1 Å². The third-order valence-corrected chi connectivity index (χ3v) is 7.39. The quantitative estimate of drug-likeness (QED) is 0.772. The van der Waals surface area contributed by atoms with Crippen molar-refractivity contribution >= 4 is 33.5 Å². The zero-order valence-electron chi connectivity index (χ0n) is 16.3. The van der Waals surface area contributed by atoms with Crippen LogP contribution in [0.3, 0.4) is 0 Å². The van der Waals surface area contributed by atoms with Gasteiger partial charge in [-0.2, -0.15) is 0 Å². The summed E-state index contributed by atoms with van der Waals surface area (Å²) in [6.45, 7) is 10.5. The van der Waals surface area contributed by atoms with Gasteiger partial charge in [0.15, 0.2) is 5.58 Å². The standard InChI is InChI=1S/C20H29ClN2O2S/c1-6-12-10-14(11-13(7-2)22-12)26(24)18-15(21)8-9-16-17(18)25-19(23-16)20(3,4)5/h8-9,12-14,22H,6-7,10-11H2,1-5H3. The summed E-state index contributed by atoms with van der Waals surface area (Å²) in [5, 5.41) is 4.25. The van der Waals surface area contributed by atoms with E-state index in [1.807, 2.05) is 6.07 Å². The summed E-state index contributed by atoms with van der Waals surface area (Å²) >= 11 is 6.48. The number of oxazole rings is 1. The van der Waals surface area contributed by atoms with Crippen molar-refractivity contribution in [2.75, 3.05) is 0 Å². The summed E-state index contributed by atoms with van der Waals surface area (Å²) in [7, 11) is -1.22. The number of piperidine rings is 1. The highest BCUT2D eigenvalue weighted by Gasteiger charge is 2.33. The molecule has 1 aliphatic rings. The van der Waals surface area contributed by atoms with E-state index in [0.717, 1.165) is 31.2 Å². The summed E-state index contributed by atoms with van der Waals surface area (Å²) in [6.07, 6.45) is 3.87. The number of benzene rings is 1. The van der Waals surface area contributed by atoms with E-state index in [1.54, 1.807) is 6.07 Å². The molecule has 1 saturated heterocycles. The molecule has 0 spiro atoms. The first-order chi connectivity index (χ1) is 12.2. The molecule has 1 fully saturated rings. The summed E-state index contributed by atoms with van der Waals surface area (Å²) in [4.78, 5) is 5.22. The normalized spacial score (nSPS) is 25.5. The Kier molecular flexibility index (Phi) is 5.80. The van der Waals surface area contributed by atoms with Gasteiger partial charge in [0.25, 0.3) is 0 Å². The van der Waals surface area contributed by atoms with Crippen LogP contribution in [-0.2, 0) is 16.2 Å². The van der Waals surface area contributed by atoms with Gasteiger partial charge in [-0.1, -0.05) is 46.2 Å². The van der Waals surface area contributed by atoms with Crippen LogP contribution in [0.4, 0.5) is 0 Å². The van der Waals surface area contributed by atoms with Crippen LogP contribution in [0.1, 0.15) is 66.2 Å². The fourth-order valence-electron chi connectivity index (χ4n) is 3.56. The Morgan fingerprint density at radius 2 is 1.85 bits per heavy atom. The van der Waals surface area contributed by atoms with Crippen LogP contribution in [0.15, 0.2) is 21.4 Å². The molecule has 2 aromatic rings. The zero-order valence-corrected chi connectivity index (χ0v) is 17.8. The van der Waals surface area contributed by atoms with Crippen molar-refractivity contribution in [1.29, 1.82) is 0 Å².